The fourth-order valence-electron chi connectivity index (χ4n) is 2.78. The highest BCUT2D eigenvalue weighted by Crippen LogP contribution is 2.18. The highest BCUT2D eigenvalue weighted by molar-refractivity contribution is 7.99. The SMILES string of the molecule is CNC(=O)[C@@H](C)N(Cc1ccc(C)cc1)C(=O)CSCc1ccccc1C. The van der Waals surface area contributed by atoms with Crippen LogP contribution in [0.25, 0.3) is 0 Å². The summed E-state index contributed by atoms with van der Waals surface area (Å²) < 4.78 is 0. The molecular formula is C22H28N2O2S. The van der Waals surface area contributed by atoms with Crippen molar-refractivity contribution in [3.05, 3.63) is 70.8 Å². The summed E-state index contributed by atoms with van der Waals surface area (Å²) >= 11 is 1.58. The maximum atomic E-state index is 12.9. The van der Waals surface area contributed by atoms with Crippen LogP contribution >= 0.6 is 11.8 Å². The van der Waals surface area contributed by atoms with Gasteiger partial charge >= 0.3 is 0 Å². The average molecular weight is 385 g/mol. The van der Waals surface area contributed by atoms with Gasteiger partial charge in [0.15, 0.2) is 0 Å². The number of rotatable bonds is 8. The summed E-state index contributed by atoms with van der Waals surface area (Å²) in [5, 5.41) is 2.64. The minimum Gasteiger partial charge on any atom is -0.357 e. The smallest absolute Gasteiger partial charge is 0.242 e. The molecule has 0 aliphatic carbocycles. The molecule has 1 atom stereocenters. The second-order valence-electron chi connectivity index (χ2n) is 6.72. The number of carbonyl (C=O) groups excluding carboxylic acids is 2. The number of carbonyl (C=O) groups is 2. The first-order valence-corrected chi connectivity index (χ1v) is 10.3. The molecule has 0 heterocycles. The van der Waals surface area contributed by atoms with Crippen LogP contribution in [0.15, 0.2) is 48.5 Å². The molecule has 0 aromatic heterocycles. The second kappa shape index (κ2) is 10.2. The highest BCUT2D eigenvalue weighted by Gasteiger charge is 2.25. The predicted molar refractivity (Wildman–Crippen MR) is 113 cm³/mol. The van der Waals surface area contributed by atoms with Crippen molar-refractivity contribution in [1.82, 2.24) is 10.2 Å². The fourth-order valence-corrected chi connectivity index (χ4v) is 3.77. The van der Waals surface area contributed by atoms with Gasteiger partial charge in [0.25, 0.3) is 0 Å². The van der Waals surface area contributed by atoms with Gasteiger partial charge in [0, 0.05) is 19.3 Å². The molecular weight excluding hydrogens is 356 g/mol. The Bertz CT molecular complexity index is 774. The third kappa shape index (κ3) is 6.14. The summed E-state index contributed by atoms with van der Waals surface area (Å²) in [5.41, 5.74) is 4.66. The minimum atomic E-state index is -0.511. The summed E-state index contributed by atoms with van der Waals surface area (Å²) in [6.07, 6.45) is 0. The third-order valence-electron chi connectivity index (χ3n) is 4.63. The summed E-state index contributed by atoms with van der Waals surface area (Å²) in [6, 6.07) is 15.7. The molecule has 0 spiro atoms. The Labute approximate surface area is 166 Å². The number of benzene rings is 2. The maximum Gasteiger partial charge on any atom is 0.242 e. The Morgan fingerprint density at radius 2 is 1.74 bits per heavy atom. The van der Waals surface area contributed by atoms with Crippen molar-refractivity contribution >= 4 is 23.6 Å². The molecule has 0 aliphatic rings. The molecule has 0 radical (unpaired) electrons. The number of aryl methyl sites for hydroxylation is 2. The Hall–Kier alpha value is -2.27. The zero-order valence-corrected chi connectivity index (χ0v) is 17.3. The largest absolute Gasteiger partial charge is 0.357 e. The first kappa shape index (κ1) is 21.0. The number of hydrogen-bond donors (Lipinski definition) is 1. The molecule has 0 saturated heterocycles. The average Bonchev–Trinajstić information content (AvgIpc) is 2.67. The number of nitrogens with zero attached hydrogens (tertiary/aromatic N) is 1. The van der Waals surface area contributed by atoms with E-state index >= 15 is 0 Å². The van der Waals surface area contributed by atoms with Gasteiger partial charge in [-0.2, -0.15) is 0 Å². The minimum absolute atomic E-state index is 0.0229. The van der Waals surface area contributed by atoms with Gasteiger partial charge in [-0.1, -0.05) is 54.1 Å². The van der Waals surface area contributed by atoms with Crippen molar-refractivity contribution in [3.63, 3.8) is 0 Å². The van der Waals surface area contributed by atoms with Crippen LogP contribution in [0.3, 0.4) is 0 Å². The van der Waals surface area contributed by atoms with Crippen LogP contribution in [0, 0.1) is 13.8 Å². The number of thioether (sulfide) groups is 1. The predicted octanol–water partition coefficient (Wildman–Crippen LogP) is 3.70. The molecule has 144 valence electrons. The van der Waals surface area contributed by atoms with Gasteiger partial charge in [-0.3, -0.25) is 9.59 Å². The van der Waals surface area contributed by atoms with E-state index in [2.05, 4.69) is 24.4 Å². The van der Waals surface area contributed by atoms with Crippen molar-refractivity contribution < 1.29 is 9.59 Å². The second-order valence-corrected chi connectivity index (χ2v) is 7.70. The van der Waals surface area contributed by atoms with E-state index in [4.69, 9.17) is 0 Å². The molecule has 0 unspecified atom stereocenters. The van der Waals surface area contributed by atoms with E-state index in [1.54, 1.807) is 30.6 Å². The van der Waals surface area contributed by atoms with Gasteiger partial charge in [0.05, 0.1) is 5.75 Å². The van der Waals surface area contributed by atoms with Gasteiger partial charge in [-0.25, -0.2) is 0 Å². The monoisotopic (exact) mass is 384 g/mol. The quantitative estimate of drug-likeness (QED) is 0.755. The van der Waals surface area contributed by atoms with E-state index in [9.17, 15) is 9.59 Å². The summed E-state index contributed by atoms with van der Waals surface area (Å²) in [6.45, 7) is 6.31. The topological polar surface area (TPSA) is 49.4 Å². The lowest BCUT2D eigenvalue weighted by Gasteiger charge is -2.28. The van der Waals surface area contributed by atoms with Crippen molar-refractivity contribution in [3.8, 4) is 0 Å². The van der Waals surface area contributed by atoms with Crippen LogP contribution in [0.2, 0.25) is 0 Å². The molecule has 2 rings (SSSR count). The van der Waals surface area contributed by atoms with Crippen LogP contribution in [0.4, 0.5) is 0 Å². The molecule has 4 nitrogen and oxygen atoms in total. The number of amides is 2. The Morgan fingerprint density at radius 1 is 1.07 bits per heavy atom. The third-order valence-corrected chi connectivity index (χ3v) is 5.60. The maximum absolute atomic E-state index is 12.9. The van der Waals surface area contributed by atoms with Gasteiger partial charge < -0.3 is 10.2 Å². The van der Waals surface area contributed by atoms with E-state index in [1.165, 1.54) is 16.7 Å². The lowest BCUT2D eigenvalue weighted by Crippen LogP contribution is -2.47. The molecule has 5 heteroatoms. The van der Waals surface area contributed by atoms with E-state index in [1.807, 2.05) is 43.3 Å². The summed E-state index contributed by atoms with van der Waals surface area (Å²) in [7, 11) is 1.60. The summed E-state index contributed by atoms with van der Waals surface area (Å²) in [4.78, 5) is 26.7. The first-order chi connectivity index (χ1) is 12.9. The highest BCUT2D eigenvalue weighted by atomic mass is 32.2. The van der Waals surface area contributed by atoms with Gasteiger partial charge in [-0.15, -0.1) is 11.8 Å². The van der Waals surface area contributed by atoms with Gasteiger partial charge in [-0.05, 0) is 37.5 Å². The van der Waals surface area contributed by atoms with E-state index in [0.717, 1.165) is 11.3 Å². The van der Waals surface area contributed by atoms with Crippen LogP contribution in [0.5, 0.6) is 0 Å². The van der Waals surface area contributed by atoms with Gasteiger partial charge in [0.2, 0.25) is 11.8 Å². The molecule has 1 N–H and O–H groups in total. The molecule has 27 heavy (non-hydrogen) atoms. The molecule has 0 aliphatic heterocycles. The lowest BCUT2D eigenvalue weighted by molar-refractivity contribution is -0.138. The number of hydrogen-bond acceptors (Lipinski definition) is 3. The summed E-state index contributed by atoms with van der Waals surface area (Å²) in [5.74, 6) is 0.955. The fraction of sp³-hybridized carbons (Fsp3) is 0.364. The van der Waals surface area contributed by atoms with E-state index in [0.29, 0.717) is 12.3 Å². The zero-order chi connectivity index (χ0) is 19.8. The first-order valence-electron chi connectivity index (χ1n) is 9.11. The van der Waals surface area contributed by atoms with E-state index in [-0.39, 0.29) is 11.8 Å². The molecule has 0 fully saturated rings. The van der Waals surface area contributed by atoms with Crippen LogP contribution in [-0.4, -0.2) is 35.6 Å². The van der Waals surface area contributed by atoms with Crippen molar-refractivity contribution in [1.29, 1.82) is 0 Å². The molecule has 2 aromatic rings. The molecule has 0 bridgehead atoms. The van der Waals surface area contributed by atoms with Crippen molar-refractivity contribution in [2.75, 3.05) is 12.8 Å². The van der Waals surface area contributed by atoms with Gasteiger partial charge in [0.1, 0.15) is 6.04 Å². The van der Waals surface area contributed by atoms with Crippen LogP contribution in [0.1, 0.15) is 29.2 Å². The van der Waals surface area contributed by atoms with Crippen molar-refractivity contribution in [2.24, 2.45) is 0 Å². The Balaban J connectivity index is 2.04. The van der Waals surface area contributed by atoms with Crippen LogP contribution in [-0.2, 0) is 21.9 Å². The van der Waals surface area contributed by atoms with Crippen molar-refractivity contribution in [2.45, 2.75) is 39.1 Å². The molecule has 2 amide bonds. The van der Waals surface area contributed by atoms with E-state index < -0.39 is 6.04 Å². The number of nitrogens with one attached hydrogen (secondary N) is 1. The molecule has 0 saturated carbocycles. The Kier molecular flexibility index (Phi) is 7.92. The lowest BCUT2D eigenvalue weighted by atomic mass is 10.1. The number of likely N-dealkylation sites (N-methyl/N-ethyl adjacent to an activating group) is 1. The van der Waals surface area contributed by atoms with Crippen LogP contribution < -0.4 is 5.32 Å². The molecule has 2 aromatic carbocycles. The zero-order valence-electron chi connectivity index (χ0n) is 16.5. The normalized spacial score (nSPS) is 11.7. The standard InChI is InChI=1S/C22H28N2O2S/c1-16-9-11-19(12-10-16)13-24(18(3)22(26)23-4)21(25)15-27-14-20-8-6-5-7-17(20)2/h5-12,18H,13-15H2,1-4H3,(H,23,26)/t18-/m1/s1. The Morgan fingerprint density at radius 3 is 2.37 bits per heavy atom.